The van der Waals surface area contributed by atoms with Crippen LogP contribution in [0.1, 0.15) is 5.69 Å². The van der Waals surface area contributed by atoms with E-state index in [1.165, 1.54) is 18.2 Å². The van der Waals surface area contributed by atoms with E-state index in [2.05, 4.69) is 10.5 Å². The maximum Gasteiger partial charge on any atom is 0.231 e. The first-order chi connectivity index (χ1) is 12.6. The molecular weight excluding hydrogens is 363 g/mol. The van der Waals surface area contributed by atoms with Crippen LogP contribution in [-0.2, 0) is 11.2 Å². The molecule has 0 saturated carbocycles. The number of anilines is 1. The largest absolute Gasteiger partial charge is 0.454 e. The summed E-state index contributed by atoms with van der Waals surface area (Å²) in [6.07, 6.45) is 0.00302. The lowest BCUT2D eigenvalue weighted by Crippen LogP contribution is -2.14. The quantitative estimate of drug-likeness (QED) is 0.746. The number of nitrogens with one attached hydrogen (secondary N) is 1. The van der Waals surface area contributed by atoms with Crippen molar-refractivity contribution in [2.24, 2.45) is 0 Å². The van der Waals surface area contributed by atoms with Crippen LogP contribution in [0.25, 0.3) is 11.3 Å². The van der Waals surface area contributed by atoms with E-state index in [0.29, 0.717) is 28.6 Å². The number of hydrogen-bond donors (Lipinski definition) is 1. The third-order valence-corrected chi connectivity index (χ3v) is 4.05. The lowest BCUT2D eigenvalue weighted by atomic mass is 10.1. The van der Waals surface area contributed by atoms with Crippen molar-refractivity contribution in [2.45, 2.75) is 6.42 Å². The fraction of sp³-hybridized carbons (Fsp3) is 0.111. The predicted octanol–water partition coefficient (Wildman–Crippen LogP) is 4.04. The zero-order valence-corrected chi connectivity index (χ0v) is 14.0. The first kappa shape index (κ1) is 16.4. The number of halogens is 2. The molecule has 2 heterocycles. The van der Waals surface area contributed by atoms with Crippen molar-refractivity contribution in [3.63, 3.8) is 0 Å². The summed E-state index contributed by atoms with van der Waals surface area (Å²) in [5.41, 5.74) is 1.63. The molecule has 1 aliphatic rings. The van der Waals surface area contributed by atoms with Crippen molar-refractivity contribution in [3.05, 3.63) is 59.0 Å². The van der Waals surface area contributed by atoms with Gasteiger partial charge in [0, 0.05) is 17.3 Å². The fourth-order valence-corrected chi connectivity index (χ4v) is 2.71. The number of fused-ring (bicyclic) bond motifs is 1. The summed E-state index contributed by atoms with van der Waals surface area (Å²) in [7, 11) is 0. The van der Waals surface area contributed by atoms with Crippen LogP contribution in [0.3, 0.4) is 0 Å². The minimum absolute atomic E-state index is 0.00302. The van der Waals surface area contributed by atoms with Crippen LogP contribution in [0.2, 0.25) is 5.02 Å². The first-order valence-corrected chi connectivity index (χ1v) is 8.07. The van der Waals surface area contributed by atoms with Gasteiger partial charge in [0.1, 0.15) is 5.82 Å². The predicted molar refractivity (Wildman–Crippen MR) is 91.8 cm³/mol. The van der Waals surface area contributed by atoms with Gasteiger partial charge in [0.25, 0.3) is 0 Å². The van der Waals surface area contributed by atoms with Gasteiger partial charge >= 0.3 is 0 Å². The van der Waals surface area contributed by atoms with Crippen LogP contribution in [0.15, 0.2) is 47.0 Å². The molecule has 26 heavy (non-hydrogen) atoms. The maximum absolute atomic E-state index is 13.1. The average Bonchev–Trinajstić information content (AvgIpc) is 3.26. The van der Waals surface area contributed by atoms with Gasteiger partial charge in [-0.05, 0) is 36.4 Å². The molecule has 0 aliphatic carbocycles. The van der Waals surface area contributed by atoms with E-state index in [0.717, 1.165) is 5.56 Å². The van der Waals surface area contributed by atoms with Gasteiger partial charge in [0.15, 0.2) is 17.3 Å². The Morgan fingerprint density at radius 3 is 2.85 bits per heavy atom. The first-order valence-electron chi connectivity index (χ1n) is 7.69. The Morgan fingerprint density at radius 2 is 2.00 bits per heavy atom. The van der Waals surface area contributed by atoms with E-state index in [4.69, 9.17) is 25.6 Å². The second-order valence-electron chi connectivity index (χ2n) is 5.60. The minimum Gasteiger partial charge on any atom is -0.454 e. The summed E-state index contributed by atoms with van der Waals surface area (Å²) < 4.78 is 29.0. The molecule has 3 aromatic rings. The molecule has 0 unspecified atom stereocenters. The normalized spacial score (nSPS) is 12.2. The average molecular weight is 375 g/mol. The van der Waals surface area contributed by atoms with Gasteiger partial charge in [-0.3, -0.25) is 4.79 Å². The lowest BCUT2D eigenvalue weighted by molar-refractivity contribution is -0.115. The molecule has 4 rings (SSSR count). The molecule has 6 nitrogen and oxygen atoms in total. The highest BCUT2D eigenvalue weighted by Gasteiger charge is 2.17. The summed E-state index contributed by atoms with van der Waals surface area (Å²) in [4.78, 5) is 12.1. The second kappa shape index (κ2) is 6.68. The monoisotopic (exact) mass is 374 g/mol. The van der Waals surface area contributed by atoms with Gasteiger partial charge in [-0.1, -0.05) is 16.8 Å². The highest BCUT2D eigenvalue weighted by atomic mass is 35.5. The van der Waals surface area contributed by atoms with E-state index in [1.807, 2.05) is 6.07 Å². The molecular formula is C18H12ClFN2O4. The Hall–Kier alpha value is -3.06. The Morgan fingerprint density at radius 1 is 1.15 bits per heavy atom. The van der Waals surface area contributed by atoms with E-state index < -0.39 is 5.82 Å². The number of benzene rings is 2. The smallest absolute Gasteiger partial charge is 0.231 e. The number of carbonyl (C=O) groups excluding carboxylic acids is 1. The SMILES string of the molecule is O=C(Cc1cc(-c2ccc3c(c2)OCO3)on1)Nc1ccc(F)c(Cl)c1. The molecule has 0 saturated heterocycles. The zero-order chi connectivity index (χ0) is 18.1. The number of carbonyl (C=O) groups is 1. The standard InChI is InChI=1S/C18H12ClFN2O4/c19-13-6-11(2-3-14(13)20)21-18(23)8-12-7-16(26-22-12)10-1-4-15-17(5-10)25-9-24-15/h1-7H,8-9H2,(H,21,23). The van der Waals surface area contributed by atoms with Gasteiger partial charge in [-0.25, -0.2) is 4.39 Å². The van der Waals surface area contributed by atoms with Gasteiger partial charge in [0.2, 0.25) is 12.7 Å². The van der Waals surface area contributed by atoms with E-state index >= 15 is 0 Å². The Balaban J connectivity index is 1.44. The third-order valence-electron chi connectivity index (χ3n) is 3.76. The summed E-state index contributed by atoms with van der Waals surface area (Å²) in [6, 6.07) is 11.0. The summed E-state index contributed by atoms with van der Waals surface area (Å²) in [6.45, 7) is 0.189. The minimum atomic E-state index is -0.547. The van der Waals surface area contributed by atoms with Gasteiger partial charge in [-0.2, -0.15) is 0 Å². The molecule has 0 fully saturated rings. The van der Waals surface area contributed by atoms with Gasteiger partial charge in [-0.15, -0.1) is 0 Å². The molecule has 8 heteroatoms. The molecule has 0 spiro atoms. The van der Waals surface area contributed by atoms with Crippen molar-refractivity contribution in [1.82, 2.24) is 5.16 Å². The number of nitrogens with zero attached hydrogens (tertiary/aromatic N) is 1. The van der Waals surface area contributed by atoms with E-state index in [1.54, 1.807) is 18.2 Å². The highest BCUT2D eigenvalue weighted by Crippen LogP contribution is 2.36. The molecule has 0 bridgehead atoms. The molecule has 132 valence electrons. The summed E-state index contributed by atoms with van der Waals surface area (Å²) in [5, 5.41) is 6.48. The van der Waals surface area contributed by atoms with Gasteiger partial charge < -0.3 is 19.3 Å². The van der Waals surface area contributed by atoms with Crippen molar-refractivity contribution < 1.29 is 23.2 Å². The van der Waals surface area contributed by atoms with E-state index in [-0.39, 0.29) is 24.1 Å². The van der Waals surface area contributed by atoms with Crippen LogP contribution >= 0.6 is 11.6 Å². The van der Waals surface area contributed by atoms with Crippen LogP contribution in [0.4, 0.5) is 10.1 Å². The molecule has 1 N–H and O–H groups in total. The Labute approximate surface area is 152 Å². The maximum atomic E-state index is 13.1. The highest BCUT2D eigenvalue weighted by molar-refractivity contribution is 6.31. The third kappa shape index (κ3) is 3.34. The molecule has 1 aliphatic heterocycles. The number of amides is 1. The van der Waals surface area contributed by atoms with Crippen LogP contribution in [0, 0.1) is 5.82 Å². The number of ether oxygens (including phenoxy) is 2. The molecule has 0 radical (unpaired) electrons. The summed E-state index contributed by atoms with van der Waals surface area (Å²) >= 11 is 5.70. The van der Waals surface area contributed by atoms with Crippen LogP contribution < -0.4 is 14.8 Å². The topological polar surface area (TPSA) is 73.6 Å². The molecule has 0 atom stereocenters. The van der Waals surface area contributed by atoms with Gasteiger partial charge in [0.05, 0.1) is 17.1 Å². The zero-order valence-electron chi connectivity index (χ0n) is 13.3. The Kier molecular flexibility index (Phi) is 4.22. The molecule has 1 aromatic heterocycles. The lowest BCUT2D eigenvalue weighted by Gasteiger charge is -2.04. The Bertz CT molecular complexity index is 989. The second-order valence-corrected chi connectivity index (χ2v) is 6.01. The molecule has 1 amide bonds. The van der Waals surface area contributed by atoms with Crippen molar-refractivity contribution in [1.29, 1.82) is 0 Å². The number of aromatic nitrogens is 1. The van der Waals surface area contributed by atoms with E-state index in [9.17, 15) is 9.18 Å². The number of hydrogen-bond acceptors (Lipinski definition) is 5. The fourth-order valence-electron chi connectivity index (χ4n) is 2.52. The van der Waals surface area contributed by atoms with Crippen molar-refractivity contribution >= 4 is 23.2 Å². The van der Waals surface area contributed by atoms with Crippen molar-refractivity contribution in [3.8, 4) is 22.8 Å². The van der Waals surface area contributed by atoms with Crippen LogP contribution in [-0.4, -0.2) is 17.9 Å². The van der Waals surface area contributed by atoms with Crippen LogP contribution in [0.5, 0.6) is 11.5 Å². The molecule has 2 aromatic carbocycles. The van der Waals surface area contributed by atoms with Crippen molar-refractivity contribution in [2.75, 3.05) is 12.1 Å². The number of rotatable bonds is 4. The summed E-state index contributed by atoms with van der Waals surface area (Å²) in [5.74, 6) is 0.945.